The molecule has 0 saturated carbocycles. The molecular weight excluding hydrogens is 361 g/mol. The number of carbonyl (C=O) groups is 1. The summed E-state index contributed by atoms with van der Waals surface area (Å²) >= 11 is 12.6. The maximum Gasteiger partial charge on any atom is 0.221 e. The van der Waals surface area contributed by atoms with Crippen molar-refractivity contribution in [1.82, 2.24) is 19.9 Å². The Balaban J connectivity index is 1.90. The second-order valence-electron chi connectivity index (χ2n) is 5.81. The Morgan fingerprint density at radius 3 is 2.88 bits per heavy atom. The third-order valence-electron chi connectivity index (χ3n) is 4.26. The molecule has 1 aliphatic rings. The van der Waals surface area contributed by atoms with Crippen LogP contribution in [0.2, 0.25) is 10.0 Å². The maximum atomic E-state index is 11.6. The quantitative estimate of drug-likeness (QED) is 0.747. The number of anilines is 1. The molecule has 1 amide bonds. The summed E-state index contributed by atoms with van der Waals surface area (Å²) in [5, 5.41) is 4.65. The number of amides is 1. The summed E-state index contributed by atoms with van der Waals surface area (Å²) in [7, 11) is 0. The Morgan fingerprint density at radius 1 is 1.20 bits per heavy atom. The number of nitrogens with one attached hydrogen (secondary N) is 1. The Kier molecular flexibility index (Phi) is 4.23. The van der Waals surface area contributed by atoms with Gasteiger partial charge in [-0.05, 0) is 12.1 Å². The van der Waals surface area contributed by atoms with E-state index in [4.69, 9.17) is 28.2 Å². The van der Waals surface area contributed by atoms with E-state index in [0.29, 0.717) is 41.6 Å². The third kappa shape index (κ3) is 3.03. The standard InChI is InChI=1S/C17H15Cl2N5O/c18-12-2-1-11-13(24-7-4-20-10-24)9-14(22-17(11)16(12)19)23-6-3-15(25)21-5-8-23/h1-2,4,7,9-10H,3,5-6,8H2,(H,21,25). The second-order valence-corrected chi connectivity index (χ2v) is 6.60. The van der Waals surface area contributed by atoms with Crippen LogP contribution in [0.5, 0.6) is 0 Å². The molecule has 8 heteroatoms. The van der Waals surface area contributed by atoms with E-state index in [9.17, 15) is 4.79 Å². The molecule has 6 nitrogen and oxygen atoms in total. The zero-order chi connectivity index (χ0) is 17.4. The van der Waals surface area contributed by atoms with Gasteiger partial charge in [0.1, 0.15) is 5.82 Å². The highest BCUT2D eigenvalue weighted by Crippen LogP contribution is 2.34. The SMILES string of the molecule is O=C1CCN(c2cc(-n3ccnc3)c3ccc(Cl)c(Cl)c3n2)CCN1. The zero-order valence-electron chi connectivity index (χ0n) is 13.2. The van der Waals surface area contributed by atoms with E-state index in [1.165, 1.54) is 0 Å². The highest BCUT2D eigenvalue weighted by Gasteiger charge is 2.18. The fourth-order valence-electron chi connectivity index (χ4n) is 2.98. The molecule has 25 heavy (non-hydrogen) atoms. The lowest BCUT2D eigenvalue weighted by molar-refractivity contribution is -0.120. The lowest BCUT2D eigenvalue weighted by Gasteiger charge is -2.22. The van der Waals surface area contributed by atoms with Crippen LogP contribution in [0.4, 0.5) is 5.82 Å². The fourth-order valence-corrected chi connectivity index (χ4v) is 3.34. The average Bonchev–Trinajstić information content (AvgIpc) is 3.06. The van der Waals surface area contributed by atoms with E-state index >= 15 is 0 Å². The van der Waals surface area contributed by atoms with E-state index < -0.39 is 0 Å². The van der Waals surface area contributed by atoms with Crippen LogP contribution in [0.25, 0.3) is 16.6 Å². The predicted octanol–water partition coefficient (Wildman–Crippen LogP) is 3.05. The summed E-state index contributed by atoms with van der Waals surface area (Å²) < 4.78 is 1.92. The van der Waals surface area contributed by atoms with Crippen LogP contribution in [0.1, 0.15) is 6.42 Å². The highest BCUT2D eigenvalue weighted by atomic mass is 35.5. The number of aromatic nitrogens is 3. The minimum absolute atomic E-state index is 0.0548. The molecule has 0 unspecified atom stereocenters. The molecule has 0 bridgehead atoms. The summed E-state index contributed by atoms with van der Waals surface area (Å²) in [6.45, 7) is 1.87. The number of fused-ring (bicyclic) bond motifs is 1. The fraction of sp³-hybridized carbons (Fsp3) is 0.235. The van der Waals surface area contributed by atoms with Gasteiger partial charge in [-0.2, -0.15) is 0 Å². The molecule has 2 aromatic heterocycles. The molecule has 1 saturated heterocycles. The number of hydrogen-bond acceptors (Lipinski definition) is 4. The first-order valence-electron chi connectivity index (χ1n) is 7.92. The van der Waals surface area contributed by atoms with Gasteiger partial charge in [-0.25, -0.2) is 9.97 Å². The van der Waals surface area contributed by atoms with Gasteiger partial charge in [0.15, 0.2) is 0 Å². The lowest BCUT2D eigenvalue weighted by Crippen LogP contribution is -2.29. The first-order valence-corrected chi connectivity index (χ1v) is 8.68. The van der Waals surface area contributed by atoms with Crippen LogP contribution in [0.15, 0.2) is 36.9 Å². The topological polar surface area (TPSA) is 63.1 Å². The molecule has 128 valence electrons. The van der Waals surface area contributed by atoms with E-state index in [0.717, 1.165) is 16.9 Å². The number of benzene rings is 1. The summed E-state index contributed by atoms with van der Waals surface area (Å²) in [5.41, 5.74) is 1.55. The summed E-state index contributed by atoms with van der Waals surface area (Å²) in [5.74, 6) is 0.816. The average molecular weight is 376 g/mol. The predicted molar refractivity (Wildman–Crippen MR) is 98.7 cm³/mol. The van der Waals surface area contributed by atoms with Gasteiger partial charge in [0.05, 0.1) is 27.6 Å². The van der Waals surface area contributed by atoms with Crippen molar-refractivity contribution in [2.75, 3.05) is 24.5 Å². The van der Waals surface area contributed by atoms with E-state index in [1.54, 1.807) is 18.6 Å². The molecule has 3 aromatic rings. The number of rotatable bonds is 2. The summed E-state index contributed by atoms with van der Waals surface area (Å²) in [6.07, 6.45) is 5.75. The van der Waals surface area contributed by atoms with E-state index in [1.807, 2.05) is 22.9 Å². The van der Waals surface area contributed by atoms with Crippen molar-refractivity contribution in [3.05, 3.63) is 47.0 Å². The molecule has 3 heterocycles. The van der Waals surface area contributed by atoms with Crippen molar-refractivity contribution < 1.29 is 4.79 Å². The van der Waals surface area contributed by atoms with Crippen molar-refractivity contribution in [1.29, 1.82) is 0 Å². The molecule has 4 rings (SSSR count). The van der Waals surface area contributed by atoms with Crippen molar-refractivity contribution in [2.45, 2.75) is 6.42 Å². The Morgan fingerprint density at radius 2 is 2.08 bits per heavy atom. The summed E-state index contributed by atoms with van der Waals surface area (Å²) in [4.78, 5) is 22.6. The van der Waals surface area contributed by atoms with E-state index in [-0.39, 0.29) is 5.91 Å². The first kappa shape index (κ1) is 16.2. The van der Waals surface area contributed by atoms with Gasteiger partial charge in [-0.1, -0.05) is 23.2 Å². The van der Waals surface area contributed by atoms with Crippen LogP contribution in [0.3, 0.4) is 0 Å². The van der Waals surface area contributed by atoms with Gasteiger partial charge < -0.3 is 14.8 Å². The summed E-state index contributed by atoms with van der Waals surface area (Å²) in [6, 6.07) is 5.66. The van der Waals surface area contributed by atoms with Crippen molar-refractivity contribution in [3.8, 4) is 5.69 Å². The van der Waals surface area contributed by atoms with Gasteiger partial charge in [-0.15, -0.1) is 0 Å². The molecule has 1 aromatic carbocycles. The van der Waals surface area contributed by atoms with Crippen molar-refractivity contribution in [2.24, 2.45) is 0 Å². The van der Waals surface area contributed by atoms with Crippen LogP contribution in [0, 0.1) is 0 Å². The number of hydrogen-bond donors (Lipinski definition) is 1. The van der Waals surface area contributed by atoms with Crippen LogP contribution >= 0.6 is 23.2 Å². The van der Waals surface area contributed by atoms with Crippen molar-refractivity contribution in [3.63, 3.8) is 0 Å². The molecule has 1 fully saturated rings. The first-order chi connectivity index (χ1) is 12.1. The third-order valence-corrected chi connectivity index (χ3v) is 5.05. The number of carbonyl (C=O) groups excluding carboxylic acids is 1. The molecular formula is C17H15Cl2N5O. The zero-order valence-corrected chi connectivity index (χ0v) is 14.8. The van der Waals surface area contributed by atoms with Crippen LogP contribution in [-0.2, 0) is 4.79 Å². The molecule has 0 radical (unpaired) electrons. The minimum Gasteiger partial charge on any atom is -0.354 e. The Bertz CT molecular complexity index is 942. The lowest BCUT2D eigenvalue weighted by atomic mass is 10.1. The van der Waals surface area contributed by atoms with Gasteiger partial charge >= 0.3 is 0 Å². The molecule has 1 N–H and O–H groups in total. The minimum atomic E-state index is 0.0548. The Hall–Kier alpha value is -2.31. The smallest absolute Gasteiger partial charge is 0.221 e. The van der Waals surface area contributed by atoms with Gasteiger partial charge in [-0.3, -0.25) is 4.79 Å². The maximum absolute atomic E-state index is 11.6. The van der Waals surface area contributed by atoms with Crippen LogP contribution in [-0.4, -0.2) is 40.1 Å². The Labute approximate surface area is 154 Å². The number of halogens is 2. The molecule has 0 atom stereocenters. The normalized spacial score (nSPS) is 15.3. The second kappa shape index (κ2) is 6.54. The van der Waals surface area contributed by atoms with Gasteiger partial charge in [0.25, 0.3) is 0 Å². The molecule has 1 aliphatic heterocycles. The largest absolute Gasteiger partial charge is 0.354 e. The number of imidazole rings is 1. The van der Waals surface area contributed by atoms with E-state index in [2.05, 4.69) is 15.2 Å². The number of pyridine rings is 1. The van der Waals surface area contributed by atoms with Crippen LogP contribution < -0.4 is 10.2 Å². The molecule has 0 aliphatic carbocycles. The highest BCUT2D eigenvalue weighted by molar-refractivity contribution is 6.45. The van der Waals surface area contributed by atoms with Crippen molar-refractivity contribution >= 4 is 45.8 Å². The monoisotopic (exact) mass is 375 g/mol. The van der Waals surface area contributed by atoms with Gasteiger partial charge in [0.2, 0.25) is 5.91 Å². The number of nitrogens with zero attached hydrogens (tertiary/aromatic N) is 4. The van der Waals surface area contributed by atoms with Gasteiger partial charge in [0, 0.05) is 49.9 Å². The molecule has 0 spiro atoms.